The van der Waals surface area contributed by atoms with E-state index in [0.29, 0.717) is 0 Å². The van der Waals surface area contributed by atoms with Gasteiger partial charge >= 0.3 is 0 Å². The fraction of sp³-hybridized carbons (Fsp3) is 0.579. The van der Waals surface area contributed by atoms with E-state index in [9.17, 15) is 0 Å². The Bertz CT molecular complexity index is 521. The number of hydrogen-bond donors (Lipinski definition) is 1. The molecule has 0 saturated carbocycles. The maximum Gasteiger partial charge on any atom is 0.175 e. The third kappa shape index (κ3) is 5.72. The first-order chi connectivity index (χ1) is 10.9. The summed E-state index contributed by atoms with van der Waals surface area (Å²) in [4.78, 5) is 0. The molecule has 0 aliphatic heterocycles. The van der Waals surface area contributed by atoms with Gasteiger partial charge in [-0.3, -0.25) is 0 Å². The molecule has 0 fully saturated rings. The summed E-state index contributed by atoms with van der Waals surface area (Å²) in [5, 5.41) is 4.30. The highest BCUT2D eigenvalue weighted by Crippen LogP contribution is 2.26. The van der Waals surface area contributed by atoms with Crippen LogP contribution in [-0.4, -0.2) is 20.2 Å². The molecule has 1 N–H and O–H groups in total. The lowest BCUT2D eigenvalue weighted by Crippen LogP contribution is -2.06. The van der Waals surface area contributed by atoms with Gasteiger partial charge in [-0.15, -0.1) is 0 Å². The van der Waals surface area contributed by atoms with Crippen molar-refractivity contribution in [1.29, 1.82) is 0 Å². The predicted octanol–water partition coefficient (Wildman–Crippen LogP) is 5.15. The predicted molar refractivity (Wildman–Crippen MR) is 92.6 cm³/mol. The minimum Gasteiger partial charge on any atom is -0.490 e. The highest BCUT2D eigenvalue weighted by Gasteiger charge is 2.04. The van der Waals surface area contributed by atoms with Crippen LogP contribution in [-0.2, 0) is 0 Å². The number of hydrogen-bond acceptors (Lipinski definition) is 3. The van der Waals surface area contributed by atoms with Crippen LogP contribution in [0.3, 0.4) is 0 Å². The van der Waals surface area contributed by atoms with Crippen LogP contribution in [0.25, 0.3) is 11.0 Å². The molecule has 0 radical (unpaired) electrons. The first-order valence-electron chi connectivity index (χ1n) is 8.65. The van der Waals surface area contributed by atoms with Gasteiger partial charge in [0.15, 0.2) is 11.3 Å². The quantitative estimate of drug-likeness (QED) is 0.550. The molecule has 1 aromatic carbocycles. The number of rotatable bonds is 12. The number of furan rings is 1. The van der Waals surface area contributed by atoms with Crippen molar-refractivity contribution in [2.75, 3.05) is 20.2 Å². The van der Waals surface area contributed by atoms with Gasteiger partial charge in [-0.2, -0.15) is 0 Å². The fourth-order valence-corrected chi connectivity index (χ4v) is 2.73. The van der Waals surface area contributed by atoms with E-state index in [-0.39, 0.29) is 0 Å². The molecule has 1 heterocycles. The van der Waals surface area contributed by atoms with E-state index < -0.39 is 0 Å². The Labute approximate surface area is 134 Å². The number of fused-ring (bicyclic) bond motifs is 1. The summed E-state index contributed by atoms with van der Waals surface area (Å²) in [7, 11) is 2.02. The van der Waals surface area contributed by atoms with Crippen molar-refractivity contribution >= 4 is 11.0 Å². The number of unbranched alkanes of at least 4 members (excludes halogenated alkanes) is 7. The smallest absolute Gasteiger partial charge is 0.175 e. The van der Waals surface area contributed by atoms with Gasteiger partial charge in [0, 0.05) is 5.39 Å². The molecule has 0 atom stereocenters. The summed E-state index contributed by atoms with van der Waals surface area (Å²) in [6.07, 6.45) is 12.2. The van der Waals surface area contributed by atoms with Crippen molar-refractivity contribution in [3.8, 4) is 5.75 Å². The molecule has 0 amide bonds. The minimum atomic E-state index is 0.780. The average Bonchev–Trinajstić information content (AvgIpc) is 3.02. The third-order valence-electron chi connectivity index (χ3n) is 4.02. The monoisotopic (exact) mass is 303 g/mol. The lowest BCUT2D eigenvalue weighted by molar-refractivity contribution is 0.303. The molecule has 0 aliphatic rings. The molecule has 3 nitrogen and oxygen atoms in total. The minimum absolute atomic E-state index is 0.780. The van der Waals surface area contributed by atoms with Crippen molar-refractivity contribution in [2.24, 2.45) is 0 Å². The van der Waals surface area contributed by atoms with Crippen molar-refractivity contribution in [3.63, 3.8) is 0 Å². The molecule has 0 saturated heterocycles. The maximum absolute atomic E-state index is 5.85. The zero-order valence-electron chi connectivity index (χ0n) is 13.8. The molecule has 0 bridgehead atoms. The molecule has 0 spiro atoms. The van der Waals surface area contributed by atoms with Gasteiger partial charge < -0.3 is 14.5 Å². The second-order valence-corrected chi connectivity index (χ2v) is 5.88. The molecular formula is C19H29NO2. The lowest BCUT2D eigenvalue weighted by atomic mass is 10.1. The van der Waals surface area contributed by atoms with Crippen molar-refractivity contribution < 1.29 is 9.15 Å². The topological polar surface area (TPSA) is 34.4 Å². The molecule has 2 aromatic rings. The molecule has 22 heavy (non-hydrogen) atoms. The molecule has 1 aromatic heterocycles. The Morgan fingerprint density at radius 3 is 2.41 bits per heavy atom. The first kappa shape index (κ1) is 16.9. The van der Waals surface area contributed by atoms with Crippen molar-refractivity contribution in [1.82, 2.24) is 5.32 Å². The van der Waals surface area contributed by atoms with E-state index >= 15 is 0 Å². The third-order valence-corrected chi connectivity index (χ3v) is 4.02. The van der Waals surface area contributed by atoms with Gasteiger partial charge in [0.2, 0.25) is 0 Å². The highest BCUT2D eigenvalue weighted by atomic mass is 16.5. The van der Waals surface area contributed by atoms with Crippen LogP contribution in [0.5, 0.6) is 5.75 Å². The van der Waals surface area contributed by atoms with Gasteiger partial charge in [-0.1, -0.05) is 50.7 Å². The van der Waals surface area contributed by atoms with Gasteiger partial charge in [-0.05, 0) is 38.6 Å². The van der Waals surface area contributed by atoms with Crippen LogP contribution in [0.1, 0.15) is 51.4 Å². The van der Waals surface area contributed by atoms with E-state index in [0.717, 1.165) is 36.3 Å². The van der Waals surface area contributed by atoms with Crippen LogP contribution in [0.2, 0.25) is 0 Å². The van der Waals surface area contributed by atoms with Crippen LogP contribution >= 0.6 is 0 Å². The average molecular weight is 303 g/mol. The van der Waals surface area contributed by atoms with Gasteiger partial charge in [0.25, 0.3) is 0 Å². The van der Waals surface area contributed by atoms with Crippen molar-refractivity contribution in [3.05, 3.63) is 30.5 Å². The van der Waals surface area contributed by atoms with Gasteiger partial charge in [0.1, 0.15) is 0 Å². The zero-order valence-corrected chi connectivity index (χ0v) is 13.8. The van der Waals surface area contributed by atoms with Crippen molar-refractivity contribution in [2.45, 2.75) is 51.4 Å². The highest BCUT2D eigenvalue weighted by molar-refractivity contribution is 5.82. The second-order valence-electron chi connectivity index (χ2n) is 5.88. The Balaban J connectivity index is 1.49. The number of ether oxygens (including phenoxy) is 1. The second kappa shape index (κ2) is 10.3. The van der Waals surface area contributed by atoms with Crippen LogP contribution in [0.15, 0.2) is 34.9 Å². The summed E-state index contributed by atoms with van der Waals surface area (Å²) >= 11 is 0. The van der Waals surface area contributed by atoms with Crippen LogP contribution in [0.4, 0.5) is 0 Å². The summed E-state index contributed by atoms with van der Waals surface area (Å²) in [5.74, 6) is 0.868. The number of nitrogens with one attached hydrogen (secondary N) is 1. The Hall–Kier alpha value is -1.48. The van der Waals surface area contributed by atoms with E-state index in [4.69, 9.17) is 9.15 Å². The molecule has 2 rings (SSSR count). The van der Waals surface area contributed by atoms with E-state index in [1.54, 1.807) is 6.26 Å². The summed E-state index contributed by atoms with van der Waals surface area (Å²) in [6, 6.07) is 8.01. The molecular weight excluding hydrogens is 274 g/mol. The van der Waals surface area contributed by atoms with Gasteiger partial charge in [0.05, 0.1) is 12.9 Å². The summed E-state index contributed by atoms with van der Waals surface area (Å²) < 4.78 is 11.3. The Morgan fingerprint density at radius 1 is 0.909 bits per heavy atom. The lowest BCUT2D eigenvalue weighted by Gasteiger charge is -2.06. The maximum atomic E-state index is 5.85. The fourth-order valence-electron chi connectivity index (χ4n) is 2.73. The normalized spacial score (nSPS) is 11.1. The van der Waals surface area contributed by atoms with Crippen LogP contribution < -0.4 is 10.1 Å². The Kier molecular flexibility index (Phi) is 7.89. The summed E-state index contributed by atoms with van der Waals surface area (Å²) in [5.41, 5.74) is 0.865. The molecule has 0 unspecified atom stereocenters. The molecule has 3 heteroatoms. The first-order valence-corrected chi connectivity index (χ1v) is 8.65. The number of para-hydroxylation sites is 1. The van der Waals surface area contributed by atoms with E-state index in [2.05, 4.69) is 5.32 Å². The SMILES string of the molecule is CNCCCCCCCCCCOc1cccc2ccoc12. The number of benzene rings is 1. The molecule has 0 aliphatic carbocycles. The van der Waals surface area contributed by atoms with Crippen LogP contribution in [0, 0.1) is 0 Å². The van der Waals surface area contributed by atoms with E-state index in [1.807, 2.05) is 31.3 Å². The Morgan fingerprint density at radius 2 is 1.64 bits per heavy atom. The van der Waals surface area contributed by atoms with Gasteiger partial charge in [-0.25, -0.2) is 0 Å². The molecule has 122 valence electrons. The largest absolute Gasteiger partial charge is 0.490 e. The summed E-state index contributed by atoms with van der Waals surface area (Å²) in [6.45, 7) is 1.93. The standard InChI is InChI=1S/C19H29NO2/c1-20-14-8-6-4-2-3-5-7-9-15-21-18-12-10-11-17-13-16-22-19(17)18/h10-13,16,20H,2-9,14-15H2,1H3. The zero-order chi connectivity index (χ0) is 15.5. The van der Waals surface area contributed by atoms with E-state index in [1.165, 1.54) is 44.9 Å².